The van der Waals surface area contributed by atoms with Crippen molar-refractivity contribution in [3.63, 3.8) is 0 Å². The summed E-state index contributed by atoms with van der Waals surface area (Å²) in [5, 5.41) is 98.3. The lowest BCUT2D eigenvalue weighted by atomic mass is 9.95. The van der Waals surface area contributed by atoms with E-state index < -0.39 is 139 Å². The summed E-state index contributed by atoms with van der Waals surface area (Å²) >= 11 is 17.0. The molecule has 0 spiro atoms. The van der Waals surface area contributed by atoms with E-state index in [0.29, 0.717) is 0 Å². The highest BCUT2D eigenvalue weighted by atomic mass is 35.6. The molecule has 4 aliphatic heterocycles. The lowest BCUT2D eigenvalue weighted by Gasteiger charge is -2.49. The zero-order valence-electron chi connectivity index (χ0n) is 26.2. The van der Waals surface area contributed by atoms with E-state index in [2.05, 4.69) is 5.32 Å². The number of rotatable bonds is 8. The number of aliphatic hydroxyl groups excluding tert-OH is 9. The Kier molecular flexibility index (Phi) is 13.6. The monoisotopic (exact) mass is 759 g/mol. The molecule has 18 nitrogen and oxygen atoms in total. The molecular weight excluding hydrogens is 717 g/mol. The van der Waals surface area contributed by atoms with Gasteiger partial charge in [0.2, 0.25) is 0 Å². The zero-order valence-corrected chi connectivity index (χ0v) is 28.4. The van der Waals surface area contributed by atoms with Crippen LogP contribution in [0.5, 0.6) is 0 Å². The molecule has 4 heterocycles. The van der Waals surface area contributed by atoms with Crippen LogP contribution in [0.25, 0.3) is 0 Å². The fourth-order valence-electron chi connectivity index (χ4n) is 5.96. The van der Waals surface area contributed by atoms with Crippen molar-refractivity contribution in [3.8, 4) is 0 Å². The van der Waals surface area contributed by atoms with Crippen molar-refractivity contribution >= 4 is 40.7 Å². The Bertz CT molecular complexity index is 1070. The maximum atomic E-state index is 12.5. The molecule has 0 aliphatic carbocycles. The Morgan fingerprint density at radius 3 is 1.44 bits per heavy atom. The van der Waals surface area contributed by atoms with Crippen molar-refractivity contribution in [2.75, 3.05) is 6.61 Å². The number of amides is 1. The first-order chi connectivity index (χ1) is 22.3. The topological polar surface area (TPSA) is 276 Å². The van der Waals surface area contributed by atoms with Crippen LogP contribution in [0.1, 0.15) is 27.7 Å². The fraction of sp³-hybridized carbons (Fsp3) is 0.963. The largest absolute Gasteiger partial charge is 0.394 e. The van der Waals surface area contributed by atoms with Crippen LogP contribution in [-0.4, -0.2) is 185 Å². The van der Waals surface area contributed by atoms with Gasteiger partial charge in [0.25, 0.3) is 9.70 Å². The minimum absolute atomic E-state index is 0.775. The second-order valence-electron chi connectivity index (χ2n) is 12.4. The highest BCUT2D eigenvalue weighted by Gasteiger charge is 2.55. The number of aliphatic hydroxyl groups is 9. The van der Waals surface area contributed by atoms with Gasteiger partial charge >= 0.3 is 0 Å². The Morgan fingerprint density at radius 2 is 1.00 bits per heavy atom. The predicted molar refractivity (Wildman–Crippen MR) is 159 cm³/mol. The molecular formula is C27H44Cl3NO17. The number of hydrogen-bond donors (Lipinski definition) is 10. The maximum absolute atomic E-state index is 12.5. The van der Waals surface area contributed by atoms with Crippen LogP contribution >= 0.6 is 34.8 Å². The van der Waals surface area contributed by atoms with Crippen LogP contribution in [-0.2, 0) is 38.0 Å². The Labute approximate surface area is 290 Å². The van der Waals surface area contributed by atoms with Crippen molar-refractivity contribution in [2.24, 2.45) is 0 Å². The van der Waals surface area contributed by atoms with Crippen molar-refractivity contribution in [2.45, 2.75) is 154 Å². The third kappa shape index (κ3) is 8.49. The zero-order chi connectivity index (χ0) is 36.0. The molecule has 4 rings (SSSR count). The second kappa shape index (κ2) is 16.2. The number of carbonyl (C=O) groups is 1. The smallest absolute Gasteiger partial charge is 0.272 e. The van der Waals surface area contributed by atoms with Crippen LogP contribution in [0, 0.1) is 0 Å². The van der Waals surface area contributed by atoms with E-state index in [1.54, 1.807) is 13.8 Å². The number of nitrogens with one attached hydrogen (secondary N) is 1. The van der Waals surface area contributed by atoms with Crippen LogP contribution in [0.2, 0.25) is 0 Å². The molecule has 21 heteroatoms. The van der Waals surface area contributed by atoms with E-state index in [9.17, 15) is 50.8 Å². The maximum Gasteiger partial charge on any atom is 0.272 e. The normalized spacial score (nSPS) is 50.6. The van der Waals surface area contributed by atoms with Gasteiger partial charge in [0.1, 0.15) is 79.3 Å². The Hall–Kier alpha value is -0.300. The van der Waals surface area contributed by atoms with Gasteiger partial charge in [-0.1, -0.05) is 34.8 Å². The number of carbonyl (C=O) groups excluding carboxylic acids is 1. The molecule has 0 radical (unpaired) electrons. The Morgan fingerprint density at radius 1 is 0.583 bits per heavy atom. The highest BCUT2D eigenvalue weighted by Crippen LogP contribution is 2.35. The van der Waals surface area contributed by atoms with Crippen LogP contribution < -0.4 is 5.32 Å². The van der Waals surface area contributed by atoms with Gasteiger partial charge < -0.3 is 84.4 Å². The van der Waals surface area contributed by atoms with E-state index in [1.165, 1.54) is 13.8 Å². The highest BCUT2D eigenvalue weighted by molar-refractivity contribution is 6.76. The minimum atomic E-state index is -2.54. The van der Waals surface area contributed by atoms with E-state index in [-0.39, 0.29) is 0 Å². The summed E-state index contributed by atoms with van der Waals surface area (Å²) < 4.78 is 37.9. The lowest BCUT2D eigenvalue weighted by molar-refractivity contribution is -0.392. The van der Waals surface area contributed by atoms with Crippen LogP contribution in [0.4, 0.5) is 0 Å². The predicted octanol–water partition coefficient (Wildman–Crippen LogP) is -4.10. The molecule has 4 aliphatic rings. The molecule has 0 bridgehead atoms. The second-order valence-corrected chi connectivity index (χ2v) is 14.7. The summed E-state index contributed by atoms with van der Waals surface area (Å²) in [5.41, 5.74) is 0. The van der Waals surface area contributed by atoms with Gasteiger partial charge in [-0.2, -0.15) is 0 Å². The van der Waals surface area contributed by atoms with Gasteiger partial charge in [-0.25, -0.2) is 0 Å². The molecule has 0 saturated carbocycles. The van der Waals surface area contributed by atoms with E-state index in [1.807, 2.05) is 0 Å². The number of halogens is 3. The SMILES string of the molecule is CC1O[C@@H](C)C(O)C(O[C@@H]2OC(C)[C@H](O)[C@H](O)C2O[C@@H]2OC(C)[C@H](O)[C@H](O)C2O[C@@H]2OC(CO)[C@@H](O)[C@H](O)C2NC(=O)C(Cl)(Cl)Cl)[C@H]1O. The molecule has 10 N–H and O–H groups in total. The number of hydrogen-bond acceptors (Lipinski definition) is 17. The third-order valence-corrected chi connectivity index (χ3v) is 9.46. The summed E-state index contributed by atoms with van der Waals surface area (Å²) in [6, 6.07) is -1.71. The average Bonchev–Trinajstić information content (AvgIpc) is 3.02. The first-order valence-corrected chi connectivity index (χ1v) is 16.4. The van der Waals surface area contributed by atoms with Gasteiger partial charge in [-0.05, 0) is 27.7 Å². The van der Waals surface area contributed by atoms with Gasteiger partial charge in [0.05, 0.1) is 31.0 Å². The molecule has 0 aromatic carbocycles. The summed E-state index contributed by atoms with van der Waals surface area (Å²) in [5.74, 6) is -1.27. The van der Waals surface area contributed by atoms with Crippen molar-refractivity contribution in [3.05, 3.63) is 0 Å². The summed E-state index contributed by atoms with van der Waals surface area (Å²) in [6.07, 6.45) is -28.4. The quantitative estimate of drug-likeness (QED) is 0.105. The van der Waals surface area contributed by atoms with Gasteiger partial charge in [-0.3, -0.25) is 4.79 Å². The molecule has 9 unspecified atom stereocenters. The van der Waals surface area contributed by atoms with Gasteiger partial charge in [-0.15, -0.1) is 0 Å². The first kappa shape index (κ1) is 40.5. The summed E-state index contributed by atoms with van der Waals surface area (Å²) in [6.45, 7) is 5.07. The standard InChI is InChI=1S/C27H44Cl3NO17/c1-6-13(34)19(40)22(24(43-6)46-20-14(35)8(3)42-9(4)15(20)36)48-25-21(18(39)12(33)7(2)44-25)47-23-11(31-26(41)27(28,29)30)17(38)16(37)10(5-32)45-23/h6-25,32-40H,5H2,1-4H3,(H,31,41)/t6?,7?,8-,9?,10?,11?,12-,13-,14?,15-,16+,17+,18-,19-,20?,21?,22?,23-,24-,25-/m0/s1. The molecule has 20 atom stereocenters. The van der Waals surface area contributed by atoms with Gasteiger partial charge in [0.15, 0.2) is 18.9 Å². The van der Waals surface area contributed by atoms with E-state index in [4.69, 9.17) is 68.0 Å². The fourth-order valence-corrected chi connectivity index (χ4v) is 6.12. The average molecular weight is 761 g/mol. The molecule has 280 valence electrons. The molecule has 0 aromatic rings. The first-order valence-electron chi connectivity index (χ1n) is 15.3. The van der Waals surface area contributed by atoms with Crippen LogP contribution in [0.15, 0.2) is 0 Å². The van der Waals surface area contributed by atoms with Crippen molar-refractivity contribution < 1.29 is 83.9 Å². The van der Waals surface area contributed by atoms with Crippen molar-refractivity contribution in [1.82, 2.24) is 5.32 Å². The Balaban J connectivity index is 1.64. The van der Waals surface area contributed by atoms with E-state index in [0.717, 1.165) is 0 Å². The number of alkyl halides is 3. The molecule has 4 fully saturated rings. The van der Waals surface area contributed by atoms with Gasteiger partial charge in [0, 0.05) is 0 Å². The molecule has 1 amide bonds. The van der Waals surface area contributed by atoms with E-state index >= 15 is 0 Å². The summed E-state index contributed by atoms with van der Waals surface area (Å²) in [7, 11) is 0. The minimum Gasteiger partial charge on any atom is -0.394 e. The number of ether oxygens (including phenoxy) is 7. The summed E-state index contributed by atoms with van der Waals surface area (Å²) in [4.78, 5) is 12.5. The third-order valence-electron chi connectivity index (χ3n) is 8.94. The molecule has 48 heavy (non-hydrogen) atoms. The van der Waals surface area contributed by atoms with Crippen molar-refractivity contribution in [1.29, 1.82) is 0 Å². The lowest BCUT2D eigenvalue weighted by Crippen LogP contribution is -2.69. The van der Waals surface area contributed by atoms with Crippen LogP contribution in [0.3, 0.4) is 0 Å². The molecule has 4 saturated heterocycles. The molecule has 0 aromatic heterocycles.